The van der Waals surface area contributed by atoms with Crippen molar-refractivity contribution in [3.05, 3.63) is 0 Å². The summed E-state index contributed by atoms with van der Waals surface area (Å²) in [6, 6.07) is 0. The predicted molar refractivity (Wildman–Crippen MR) is 181 cm³/mol. The lowest BCUT2D eigenvalue weighted by molar-refractivity contribution is -0.0585. The van der Waals surface area contributed by atoms with Crippen LogP contribution in [-0.4, -0.2) is 45.7 Å². The zero-order chi connectivity index (χ0) is 29.7. The molecular formula is C37H77NO3. The third-order valence-corrected chi connectivity index (χ3v) is 8.36. The number of rotatable bonds is 37. The third kappa shape index (κ3) is 35.9. The summed E-state index contributed by atoms with van der Waals surface area (Å²) in [6.07, 6.45) is 38.8. The predicted octanol–water partition coefficient (Wildman–Crippen LogP) is 11.3. The summed E-state index contributed by atoms with van der Waals surface area (Å²) in [4.78, 5) is 0. The highest BCUT2D eigenvalue weighted by molar-refractivity contribution is 4.57. The molecule has 0 rings (SSSR count). The Hall–Kier alpha value is -0.160. The van der Waals surface area contributed by atoms with Crippen molar-refractivity contribution in [1.82, 2.24) is 0 Å². The van der Waals surface area contributed by atoms with Crippen LogP contribution in [0.25, 0.3) is 0 Å². The molecule has 2 N–H and O–H groups in total. The minimum Gasteiger partial charge on any atom is -0.379 e. The lowest BCUT2D eigenvalue weighted by atomic mass is 10.0. The molecule has 0 radical (unpaired) electrons. The average molecular weight is 584 g/mol. The molecule has 0 heterocycles. The van der Waals surface area contributed by atoms with E-state index in [0.717, 1.165) is 26.1 Å². The van der Waals surface area contributed by atoms with Gasteiger partial charge in [0, 0.05) is 19.8 Å². The van der Waals surface area contributed by atoms with Crippen molar-refractivity contribution in [2.45, 2.75) is 200 Å². The first-order valence-electron chi connectivity index (χ1n) is 18.8. The molecule has 0 aliphatic rings. The Kier molecular flexibility index (Phi) is 37.7. The van der Waals surface area contributed by atoms with Gasteiger partial charge in [0.05, 0.1) is 19.8 Å². The molecule has 0 aliphatic carbocycles. The summed E-state index contributed by atoms with van der Waals surface area (Å²) >= 11 is 0. The molecule has 248 valence electrons. The van der Waals surface area contributed by atoms with E-state index < -0.39 is 0 Å². The van der Waals surface area contributed by atoms with Gasteiger partial charge in [-0.25, -0.2) is 0 Å². The van der Waals surface area contributed by atoms with E-state index in [1.54, 1.807) is 0 Å². The fraction of sp³-hybridized carbons (Fsp3) is 1.00. The largest absolute Gasteiger partial charge is 0.379 e. The molecule has 0 spiro atoms. The molecule has 0 aromatic carbocycles. The van der Waals surface area contributed by atoms with Crippen LogP contribution in [0.3, 0.4) is 0 Å². The third-order valence-electron chi connectivity index (χ3n) is 8.36. The maximum absolute atomic E-state index is 5.93. The fourth-order valence-electron chi connectivity index (χ4n) is 5.61. The summed E-state index contributed by atoms with van der Waals surface area (Å²) in [7, 11) is 0. The quantitative estimate of drug-likeness (QED) is 0.0739. The van der Waals surface area contributed by atoms with E-state index in [1.165, 1.54) is 167 Å². The van der Waals surface area contributed by atoms with E-state index in [1.807, 2.05) is 0 Å². The van der Waals surface area contributed by atoms with Gasteiger partial charge in [0.15, 0.2) is 0 Å². The molecule has 0 amide bonds. The first-order valence-corrected chi connectivity index (χ1v) is 18.8. The van der Waals surface area contributed by atoms with E-state index in [4.69, 9.17) is 19.9 Å². The molecule has 0 fully saturated rings. The number of hydrogen-bond donors (Lipinski definition) is 1. The molecule has 4 heteroatoms. The van der Waals surface area contributed by atoms with Gasteiger partial charge in [0.25, 0.3) is 0 Å². The highest BCUT2D eigenvalue weighted by atomic mass is 16.6. The van der Waals surface area contributed by atoms with Crippen LogP contribution in [0.5, 0.6) is 0 Å². The number of ether oxygens (including phenoxy) is 3. The van der Waals surface area contributed by atoms with Gasteiger partial charge in [-0.15, -0.1) is 0 Å². The summed E-state index contributed by atoms with van der Waals surface area (Å²) in [5, 5.41) is 0. The second-order valence-electron chi connectivity index (χ2n) is 12.6. The van der Waals surface area contributed by atoms with E-state index in [0.29, 0.717) is 26.4 Å². The summed E-state index contributed by atoms with van der Waals surface area (Å²) in [5.74, 6) is 0. The number of nitrogens with two attached hydrogens (primary N) is 1. The van der Waals surface area contributed by atoms with Gasteiger partial charge >= 0.3 is 0 Å². The minimum absolute atomic E-state index is 0.0110. The van der Waals surface area contributed by atoms with Crippen LogP contribution in [0.4, 0.5) is 0 Å². The molecule has 0 atom stereocenters. The van der Waals surface area contributed by atoms with Gasteiger partial charge < -0.3 is 19.9 Å². The van der Waals surface area contributed by atoms with E-state index in [-0.39, 0.29) is 6.10 Å². The Labute approximate surface area is 259 Å². The molecule has 0 unspecified atom stereocenters. The van der Waals surface area contributed by atoms with Gasteiger partial charge in [0.1, 0.15) is 6.10 Å². The average Bonchev–Trinajstić information content (AvgIpc) is 2.98. The topological polar surface area (TPSA) is 53.7 Å². The van der Waals surface area contributed by atoms with Crippen molar-refractivity contribution in [2.75, 3.05) is 39.6 Å². The van der Waals surface area contributed by atoms with Crippen LogP contribution in [0.2, 0.25) is 0 Å². The Morgan fingerprint density at radius 1 is 0.366 bits per heavy atom. The zero-order valence-electron chi connectivity index (χ0n) is 28.4. The standard InChI is InChI=1S/C37H77NO3/c1-3-5-7-9-11-13-15-17-19-21-23-25-27-29-32-39-35-37(41-34-31-38)36-40-33-30-28-26-24-22-20-18-16-14-12-10-8-6-4-2/h37H,3-36,38H2,1-2H3. The Morgan fingerprint density at radius 3 is 0.902 bits per heavy atom. The smallest absolute Gasteiger partial charge is 0.104 e. The Bertz CT molecular complexity index is 412. The number of unbranched alkanes of at least 4 members (excludes halogenated alkanes) is 26. The molecule has 0 saturated carbocycles. The van der Waals surface area contributed by atoms with Crippen molar-refractivity contribution in [3.63, 3.8) is 0 Å². The van der Waals surface area contributed by atoms with Crippen molar-refractivity contribution in [3.8, 4) is 0 Å². The maximum Gasteiger partial charge on any atom is 0.104 e. The first-order chi connectivity index (χ1) is 20.3. The van der Waals surface area contributed by atoms with E-state index in [9.17, 15) is 0 Å². The molecule has 41 heavy (non-hydrogen) atoms. The van der Waals surface area contributed by atoms with Gasteiger partial charge in [-0.3, -0.25) is 0 Å². The minimum atomic E-state index is 0.0110. The van der Waals surface area contributed by atoms with Gasteiger partial charge in [0.2, 0.25) is 0 Å². The van der Waals surface area contributed by atoms with Gasteiger partial charge in [-0.1, -0.05) is 181 Å². The van der Waals surface area contributed by atoms with Crippen molar-refractivity contribution < 1.29 is 14.2 Å². The molecular weight excluding hydrogens is 506 g/mol. The Morgan fingerprint density at radius 2 is 0.634 bits per heavy atom. The molecule has 0 saturated heterocycles. The molecule has 4 nitrogen and oxygen atoms in total. The van der Waals surface area contributed by atoms with Crippen LogP contribution in [0.15, 0.2) is 0 Å². The number of hydrogen-bond acceptors (Lipinski definition) is 4. The van der Waals surface area contributed by atoms with Crippen LogP contribution in [0.1, 0.15) is 194 Å². The highest BCUT2D eigenvalue weighted by Gasteiger charge is 2.09. The van der Waals surface area contributed by atoms with Crippen molar-refractivity contribution in [1.29, 1.82) is 0 Å². The summed E-state index contributed by atoms with van der Waals surface area (Å²) in [5.41, 5.74) is 5.65. The Balaban J connectivity index is 3.44. The van der Waals surface area contributed by atoms with Crippen LogP contribution in [0, 0.1) is 0 Å². The fourth-order valence-corrected chi connectivity index (χ4v) is 5.61. The molecule has 0 aromatic heterocycles. The lowest BCUT2D eigenvalue weighted by Crippen LogP contribution is -2.28. The monoisotopic (exact) mass is 584 g/mol. The normalized spacial score (nSPS) is 11.7. The molecule has 0 aliphatic heterocycles. The summed E-state index contributed by atoms with van der Waals surface area (Å²) < 4.78 is 17.7. The highest BCUT2D eigenvalue weighted by Crippen LogP contribution is 2.14. The molecule has 0 bridgehead atoms. The van der Waals surface area contributed by atoms with Crippen molar-refractivity contribution >= 4 is 0 Å². The maximum atomic E-state index is 5.93. The van der Waals surface area contributed by atoms with Gasteiger partial charge in [-0.2, -0.15) is 0 Å². The van der Waals surface area contributed by atoms with E-state index in [2.05, 4.69) is 13.8 Å². The van der Waals surface area contributed by atoms with Gasteiger partial charge in [-0.05, 0) is 12.8 Å². The van der Waals surface area contributed by atoms with Crippen molar-refractivity contribution in [2.24, 2.45) is 5.73 Å². The first kappa shape index (κ1) is 40.8. The van der Waals surface area contributed by atoms with Crippen LogP contribution < -0.4 is 5.73 Å². The second kappa shape index (κ2) is 37.9. The SMILES string of the molecule is CCCCCCCCCCCCCCCCOCC(COCCCCCCCCCCCCCCCC)OCCN. The zero-order valence-corrected chi connectivity index (χ0v) is 28.4. The lowest BCUT2D eigenvalue weighted by Gasteiger charge is -2.18. The van der Waals surface area contributed by atoms with Crippen LogP contribution >= 0.6 is 0 Å². The van der Waals surface area contributed by atoms with Crippen LogP contribution in [-0.2, 0) is 14.2 Å². The van der Waals surface area contributed by atoms with E-state index >= 15 is 0 Å². The molecule has 0 aromatic rings. The summed E-state index contributed by atoms with van der Waals surface area (Å²) in [6.45, 7) is 8.62. The second-order valence-corrected chi connectivity index (χ2v) is 12.6.